The van der Waals surface area contributed by atoms with Gasteiger partial charge in [0.2, 0.25) is 41.6 Å². The largest absolute Gasteiger partial charge is 0.368 e. The zero-order valence-electron chi connectivity index (χ0n) is 16.7. The van der Waals surface area contributed by atoms with E-state index in [4.69, 9.17) is 44.9 Å². The fraction of sp³-hybridized carbons (Fsp3) is 0.286. The molecule has 0 spiro atoms. The van der Waals surface area contributed by atoms with E-state index in [1.165, 1.54) is 0 Å². The normalized spacial score (nSPS) is 10.7. The Labute approximate surface area is 176 Å². The van der Waals surface area contributed by atoms with Crippen molar-refractivity contribution in [2.45, 2.75) is 25.7 Å². The molecule has 0 amide bonds. The molecule has 3 rings (SSSR count). The number of hydrogen-bond acceptors (Lipinski definition) is 17. The van der Waals surface area contributed by atoms with Crippen molar-refractivity contribution in [3.8, 4) is 0 Å². The van der Waals surface area contributed by atoms with Gasteiger partial charge in [-0.05, 0) is 6.42 Å². The number of carbonyl (C=O) groups excluding carboxylic acids is 1. The van der Waals surface area contributed by atoms with Crippen LogP contribution in [0, 0.1) is 0 Å². The molecule has 1 unspecified atom stereocenters. The van der Waals surface area contributed by atoms with E-state index in [1.54, 1.807) is 0 Å². The maximum absolute atomic E-state index is 8.00. The molecule has 17 nitrogen and oxygen atoms in total. The Morgan fingerprint density at radius 2 is 0.871 bits per heavy atom. The summed E-state index contributed by atoms with van der Waals surface area (Å²) in [6.45, 7) is 3.95. The summed E-state index contributed by atoms with van der Waals surface area (Å²) in [7, 11) is 0. The van der Waals surface area contributed by atoms with Crippen molar-refractivity contribution in [1.82, 2.24) is 44.9 Å². The average molecular weight is 432 g/mol. The van der Waals surface area contributed by atoms with E-state index in [0.29, 0.717) is 24.5 Å². The van der Waals surface area contributed by atoms with Crippen LogP contribution in [0.3, 0.4) is 0 Å². The first kappa shape index (κ1) is 24.3. The molecule has 1 atom stereocenters. The summed E-state index contributed by atoms with van der Waals surface area (Å²) in [5.41, 5.74) is 37.5. The number of nitrogen functional groups attached to an aromatic ring is 7. The number of rotatable bonds is 4. The van der Waals surface area contributed by atoms with Crippen LogP contribution in [0.5, 0.6) is 0 Å². The lowest BCUT2D eigenvalue weighted by atomic mass is 10.0. The molecule has 0 aliphatic heterocycles. The standard InChI is InChI=1S/C10H16N10.C3H6N6.CH2O/c1-4(6-17-9(13)20-10(14)18-6)2-3-5-15-7(11)19-8(12)16-5;4-1-7-2(5)9-3(6)8-1;1-2/h4H,2-3H2,1H3,(H4,11,12,15,16,19)(H4,13,14,17,18,20);(H6,4,5,6,7,8,9);1H2. The molecule has 0 saturated carbocycles. The van der Waals surface area contributed by atoms with Gasteiger partial charge in [-0.25, -0.2) is 0 Å². The number of aromatic nitrogens is 9. The lowest BCUT2D eigenvalue weighted by molar-refractivity contribution is -0.0979. The molecule has 0 aliphatic rings. The number of nitrogens with zero attached hydrogens (tertiary/aromatic N) is 9. The van der Waals surface area contributed by atoms with Crippen molar-refractivity contribution < 1.29 is 4.79 Å². The highest BCUT2D eigenvalue weighted by Gasteiger charge is 2.13. The number of anilines is 7. The highest BCUT2D eigenvalue weighted by atomic mass is 16.1. The van der Waals surface area contributed by atoms with Crippen molar-refractivity contribution >= 4 is 48.4 Å². The number of nitrogens with two attached hydrogens (primary N) is 7. The second kappa shape index (κ2) is 11.3. The van der Waals surface area contributed by atoms with Crippen LogP contribution in [-0.2, 0) is 11.2 Å². The Kier molecular flexibility index (Phi) is 8.90. The van der Waals surface area contributed by atoms with Gasteiger partial charge in [-0.3, -0.25) is 0 Å². The van der Waals surface area contributed by atoms with Gasteiger partial charge in [-0.15, -0.1) is 0 Å². The molecule has 31 heavy (non-hydrogen) atoms. The van der Waals surface area contributed by atoms with E-state index in [2.05, 4.69) is 44.9 Å². The molecular weight excluding hydrogens is 408 g/mol. The molecule has 0 saturated heterocycles. The lowest BCUT2D eigenvalue weighted by Gasteiger charge is -2.10. The quantitative estimate of drug-likeness (QED) is 0.225. The van der Waals surface area contributed by atoms with Gasteiger partial charge in [-0.1, -0.05) is 6.92 Å². The molecule has 0 radical (unpaired) electrons. The Bertz CT molecular complexity index is 907. The third-order valence-electron chi connectivity index (χ3n) is 3.33. The predicted molar refractivity (Wildman–Crippen MR) is 114 cm³/mol. The second-order valence-electron chi connectivity index (χ2n) is 5.73. The summed E-state index contributed by atoms with van der Waals surface area (Å²) in [5, 5.41) is 0. The fourth-order valence-corrected chi connectivity index (χ4v) is 2.12. The van der Waals surface area contributed by atoms with Crippen molar-refractivity contribution in [2.24, 2.45) is 0 Å². The van der Waals surface area contributed by atoms with Crippen molar-refractivity contribution in [3.05, 3.63) is 11.6 Å². The summed E-state index contributed by atoms with van der Waals surface area (Å²) >= 11 is 0. The summed E-state index contributed by atoms with van der Waals surface area (Å²) in [5.74, 6) is 1.62. The predicted octanol–water partition coefficient (Wildman–Crippen LogP) is -2.44. The molecule has 0 aliphatic carbocycles. The second-order valence-corrected chi connectivity index (χ2v) is 5.73. The van der Waals surface area contributed by atoms with Crippen LogP contribution < -0.4 is 40.1 Å². The summed E-state index contributed by atoms with van der Waals surface area (Å²) < 4.78 is 0. The minimum atomic E-state index is 0.0156. The fourth-order valence-electron chi connectivity index (χ4n) is 2.12. The first-order valence-corrected chi connectivity index (χ1v) is 8.46. The molecule has 3 heterocycles. The summed E-state index contributed by atoms with van der Waals surface area (Å²) in [4.78, 5) is 42.0. The number of hydrogen-bond donors (Lipinski definition) is 7. The van der Waals surface area contributed by atoms with E-state index in [9.17, 15) is 0 Å². The van der Waals surface area contributed by atoms with Crippen LogP contribution in [0.1, 0.15) is 30.9 Å². The van der Waals surface area contributed by atoms with Crippen LogP contribution in [0.2, 0.25) is 0 Å². The monoisotopic (exact) mass is 432 g/mol. The van der Waals surface area contributed by atoms with Gasteiger partial charge in [-0.2, -0.15) is 44.9 Å². The van der Waals surface area contributed by atoms with Crippen LogP contribution in [0.25, 0.3) is 0 Å². The van der Waals surface area contributed by atoms with Crippen LogP contribution in [-0.4, -0.2) is 51.6 Å². The van der Waals surface area contributed by atoms with E-state index < -0.39 is 0 Å². The average Bonchev–Trinajstić information content (AvgIpc) is 2.65. The molecule has 0 fully saturated rings. The molecule has 17 heteroatoms. The summed E-state index contributed by atoms with van der Waals surface area (Å²) in [6, 6.07) is 0. The van der Waals surface area contributed by atoms with Gasteiger partial charge < -0.3 is 44.9 Å². The van der Waals surface area contributed by atoms with Gasteiger partial charge in [0.1, 0.15) is 18.4 Å². The molecule has 0 aromatic carbocycles. The number of aryl methyl sites for hydroxylation is 1. The molecule has 3 aromatic heterocycles. The molecule has 166 valence electrons. The SMILES string of the molecule is C=O.CC(CCc1nc(N)nc(N)n1)c1nc(N)nc(N)n1.Nc1nc(N)nc(N)n1. The van der Waals surface area contributed by atoms with Gasteiger partial charge in [0, 0.05) is 12.3 Å². The first-order chi connectivity index (χ1) is 14.6. The van der Waals surface area contributed by atoms with Gasteiger partial charge in [0.05, 0.1) is 0 Å². The van der Waals surface area contributed by atoms with Gasteiger partial charge in [0.15, 0.2) is 0 Å². The minimum Gasteiger partial charge on any atom is -0.368 e. The Morgan fingerprint density at radius 3 is 1.23 bits per heavy atom. The Hall–Kier alpha value is -4.70. The van der Waals surface area contributed by atoms with Gasteiger partial charge in [0.25, 0.3) is 0 Å². The zero-order chi connectivity index (χ0) is 23.6. The Balaban J connectivity index is 0.000000365. The first-order valence-electron chi connectivity index (χ1n) is 8.46. The van der Waals surface area contributed by atoms with E-state index in [-0.39, 0.29) is 47.6 Å². The number of carbonyl (C=O) groups is 1. The maximum Gasteiger partial charge on any atom is 0.226 e. The Morgan fingerprint density at radius 1 is 0.581 bits per heavy atom. The van der Waals surface area contributed by atoms with Crippen LogP contribution >= 0.6 is 0 Å². The molecule has 3 aromatic rings. The highest BCUT2D eigenvalue weighted by Crippen LogP contribution is 2.18. The third-order valence-corrected chi connectivity index (χ3v) is 3.33. The maximum atomic E-state index is 8.00. The molecular formula is C14H24N16O. The zero-order valence-corrected chi connectivity index (χ0v) is 16.7. The van der Waals surface area contributed by atoms with E-state index in [0.717, 1.165) is 0 Å². The summed E-state index contributed by atoms with van der Waals surface area (Å²) in [6.07, 6.45) is 1.25. The smallest absolute Gasteiger partial charge is 0.226 e. The van der Waals surface area contributed by atoms with Crippen LogP contribution in [0.15, 0.2) is 0 Å². The van der Waals surface area contributed by atoms with Crippen molar-refractivity contribution in [2.75, 3.05) is 40.1 Å². The third kappa shape index (κ3) is 8.46. The molecule has 0 bridgehead atoms. The van der Waals surface area contributed by atoms with Crippen LogP contribution in [0.4, 0.5) is 41.6 Å². The topological polar surface area (TPSA) is 315 Å². The van der Waals surface area contributed by atoms with Crippen molar-refractivity contribution in [3.63, 3.8) is 0 Å². The van der Waals surface area contributed by atoms with Gasteiger partial charge >= 0.3 is 0 Å². The molecule has 14 N–H and O–H groups in total. The minimum absolute atomic E-state index is 0.0156. The van der Waals surface area contributed by atoms with Crippen molar-refractivity contribution in [1.29, 1.82) is 0 Å². The van der Waals surface area contributed by atoms with E-state index >= 15 is 0 Å². The lowest BCUT2D eigenvalue weighted by Crippen LogP contribution is -2.11. The highest BCUT2D eigenvalue weighted by molar-refractivity contribution is 5.33. The van der Waals surface area contributed by atoms with E-state index in [1.807, 2.05) is 13.7 Å².